The molecule has 0 saturated carbocycles. The van der Waals surface area contributed by atoms with Crippen LogP contribution < -0.4 is 9.47 Å². The van der Waals surface area contributed by atoms with Gasteiger partial charge in [0.2, 0.25) is 0 Å². The Bertz CT molecular complexity index is 1330. The van der Waals surface area contributed by atoms with Crippen molar-refractivity contribution in [3.05, 3.63) is 83.4 Å². The molecule has 4 aromatic rings. The maximum atomic E-state index is 11.9. The second kappa shape index (κ2) is 9.92. The third-order valence-corrected chi connectivity index (χ3v) is 5.25. The van der Waals surface area contributed by atoms with Gasteiger partial charge in [-0.25, -0.2) is 0 Å². The Hall–Kier alpha value is -4.24. The molecule has 0 unspecified atom stereocenters. The van der Waals surface area contributed by atoms with Crippen molar-refractivity contribution < 1.29 is 23.4 Å². The predicted octanol–water partition coefficient (Wildman–Crippen LogP) is 5.66. The maximum Gasteiger partial charge on any atom is 0.310 e. The lowest BCUT2D eigenvalue weighted by Gasteiger charge is -2.11. The van der Waals surface area contributed by atoms with Crippen LogP contribution in [0.2, 0.25) is 0 Å². The monoisotopic (exact) mass is 441 g/mol. The highest BCUT2D eigenvalue weighted by Gasteiger charge is 2.17. The molecule has 0 bridgehead atoms. The van der Waals surface area contributed by atoms with Crippen LogP contribution in [0.15, 0.2) is 71.1 Å². The van der Waals surface area contributed by atoms with Crippen molar-refractivity contribution in [1.29, 1.82) is 5.26 Å². The molecule has 0 spiro atoms. The number of rotatable bonds is 8. The minimum atomic E-state index is -0.288. The Morgan fingerprint density at radius 3 is 2.61 bits per heavy atom. The van der Waals surface area contributed by atoms with Crippen LogP contribution in [0.3, 0.4) is 0 Å². The summed E-state index contributed by atoms with van der Waals surface area (Å²) < 4.78 is 22.7. The lowest BCUT2D eigenvalue weighted by atomic mass is 10.1. The molecule has 0 saturated heterocycles. The number of methoxy groups -OCH3 is 1. The molecule has 3 aromatic carbocycles. The van der Waals surface area contributed by atoms with E-state index in [0.717, 1.165) is 16.5 Å². The summed E-state index contributed by atoms with van der Waals surface area (Å²) in [4.78, 5) is 11.9. The van der Waals surface area contributed by atoms with Crippen LogP contribution in [0, 0.1) is 11.3 Å². The first kappa shape index (κ1) is 22.0. The fourth-order valence-corrected chi connectivity index (χ4v) is 3.73. The molecular weight excluding hydrogens is 418 g/mol. The summed E-state index contributed by atoms with van der Waals surface area (Å²) in [6.07, 6.45) is 0.152. The van der Waals surface area contributed by atoms with Gasteiger partial charge in [0, 0.05) is 16.5 Å². The van der Waals surface area contributed by atoms with E-state index in [9.17, 15) is 10.1 Å². The molecule has 0 radical (unpaired) electrons. The number of ether oxygens (including phenoxy) is 3. The fourth-order valence-electron chi connectivity index (χ4n) is 3.73. The van der Waals surface area contributed by atoms with Gasteiger partial charge in [0.15, 0.2) is 0 Å². The van der Waals surface area contributed by atoms with E-state index in [0.29, 0.717) is 47.2 Å². The lowest BCUT2D eigenvalue weighted by Crippen LogP contribution is -2.09. The van der Waals surface area contributed by atoms with Crippen LogP contribution in [0.4, 0.5) is 0 Å². The first-order chi connectivity index (χ1) is 16.1. The van der Waals surface area contributed by atoms with E-state index in [1.165, 1.54) is 7.11 Å². The first-order valence-electron chi connectivity index (χ1n) is 10.6. The number of furan rings is 1. The van der Waals surface area contributed by atoms with Crippen LogP contribution in [0.5, 0.6) is 11.5 Å². The molecule has 0 aliphatic carbocycles. The second-order valence-electron chi connectivity index (χ2n) is 7.32. The molecule has 166 valence electrons. The van der Waals surface area contributed by atoms with Crippen molar-refractivity contribution in [2.45, 2.75) is 20.0 Å². The highest BCUT2D eigenvalue weighted by Crippen LogP contribution is 2.37. The zero-order chi connectivity index (χ0) is 23.2. The normalized spacial score (nSPS) is 10.6. The summed E-state index contributed by atoms with van der Waals surface area (Å²) in [6, 6.07) is 22.6. The van der Waals surface area contributed by atoms with E-state index in [1.54, 1.807) is 19.1 Å². The fraction of sp³-hybridized carbons (Fsp3) is 0.185. The summed E-state index contributed by atoms with van der Waals surface area (Å²) in [7, 11) is 1.54. The van der Waals surface area contributed by atoms with Gasteiger partial charge in [0.25, 0.3) is 0 Å². The number of esters is 1. The third-order valence-electron chi connectivity index (χ3n) is 5.25. The largest absolute Gasteiger partial charge is 0.495 e. The van der Waals surface area contributed by atoms with E-state index >= 15 is 0 Å². The number of hydrogen-bond acceptors (Lipinski definition) is 6. The maximum absolute atomic E-state index is 11.9. The number of para-hydroxylation sites is 2. The molecular formula is C27H23NO5. The summed E-state index contributed by atoms with van der Waals surface area (Å²) >= 11 is 0. The molecule has 0 aliphatic heterocycles. The standard InChI is InChI=1S/C27H23NO5/c1-3-31-26(29)14-18-8-4-5-12-23(18)32-17-20-10-7-13-24-22(20)15-25(33-24)21-11-6-9-19(16-28)27(21)30-2/h4-13,15H,3,14,17H2,1-2H3. The van der Waals surface area contributed by atoms with Crippen LogP contribution in [-0.2, 0) is 22.6 Å². The van der Waals surface area contributed by atoms with Gasteiger partial charge in [-0.3, -0.25) is 4.79 Å². The molecule has 33 heavy (non-hydrogen) atoms. The first-order valence-corrected chi connectivity index (χ1v) is 10.6. The van der Waals surface area contributed by atoms with E-state index in [1.807, 2.05) is 54.6 Å². The molecule has 6 nitrogen and oxygen atoms in total. The molecule has 0 amide bonds. The van der Waals surface area contributed by atoms with E-state index in [4.69, 9.17) is 18.6 Å². The highest BCUT2D eigenvalue weighted by atomic mass is 16.5. The van der Waals surface area contributed by atoms with E-state index in [2.05, 4.69) is 6.07 Å². The number of carbonyl (C=O) groups excluding carboxylic acids is 1. The topological polar surface area (TPSA) is 81.7 Å². The summed E-state index contributed by atoms with van der Waals surface area (Å²) in [5, 5.41) is 10.3. The Morgan fingerprint density at radius 2 is 1.82 bits per heavy atom. The Balaban J connectivity index is 1.63. The molecule has 0 aliphatic rings. The Kier molecular flexibility index (Phi) is 6.61. The van der Waals surface area contributed by atoms with Crippen molar-refractivity contribution in [2.75, 3.05) is 13.7 Å². The van der Waals surface area contributed by atoms with Crippen LogP contribution in [0.25, 0.3) is 22.3 Å². The average molecular weight is 441 g/mol. The predicted molar refractivity (Wildman–Crippen MR) is 124 cm³/mol. The number of hydrogen-bond donors (Lipinski definition) is 0. The van der Waals surface area contributed by atoms with E-state index < -0.39 is 0 Å². The molecule has 0 N–H and O–H groups in total. The summed E-state index contributed by atoms with van der Waals surface area (Å²) in [6.45, 7) is 2.42. The summed E-state index contributed by atoms with van der Waals surface area (Å²) in [5.41, 5.74) is 3.56. The van der Waals surface area contributed by atoms with Crippen LogP contribution in [0.1, 0.15) is 23.6 Å². The molecule has 0 fully saturated rings. The molecule has 4 rings (SSSR count). The minimum Gasteiger partial charge on any atom is -0.495 e. The Morgan fingerprint density at radius 1 is 1.03 bits per heavy atom. The van der Waals surface area contributed by atoms with Gasteiger partial charge in [-0.15, -0.1) is 0 Å². The number of fused-ring (bicyclic) bond motifs is 1. The number of carbonyl (C=O) groups is 1. The molecule has 1 aromatic heterocycles. The van der Waals surface area contributed by atoms with Gasteiger partial charge in [-0.2, -0.15) is 5.26 Å². The molecule has 1 heterocycles. The van der Waals surface area contributed by atoms with Crippen LogP contribution >= 0.6 is 0 Å². The van der Waals surface area contributed by atoms with Crippen molar-refractivity contribution in [1.82, 2.24) is 0 Å². The zero-order valence-electron chi connectivity index (χ0n) is 18.5. The third kappa shape index (κ3) is 4.68. The van der Waals surface area contributed by atoms with Gasteiger partial charge < -0.3 is 18.6 Å². The number of benzene rings is 3. The smallest absolute Gasteiger partial charge is 0.310 e. The highest BCUT2D eigenvalue weighted by molar-refractivity contribution is 5.87. The van der Waals surface area contributed by atoms with Crippen molar-refractivity contribution in [3.8, 4) is 28.9 Å². The molecule has 0 atom stereocenters. The zero-order valence-corrected chi connectivity index (χ0v) is 18.5. The minimum absolute atomic E-state index is 0.152. The summed E-state index contributed by atoms with van der Waals surface area (Å²) in [5.74, 6) is 1.43. The van der Waals surface area contributed by atoms with Crippen molar-refractivity contribution >= 4 is 16.9 Å². The van der Waals surface area contributed by atoms with Gasteiger partial charge >= 0.3 is 5.97 Å². The number of nitrogens with zero attached hydrogens (tertiary/aromatic N) is 1. The average Bonchev–Trinajstić information content (AvgIpc) is 3.28. The lowest BCUT2D eigenvalue weighted by molar-refractivity contribution is -0.142. The SMILES string of the molecule is CCOC(=O)Cc1ccccc1OCc1cccc2oc(-c3cccc(C#N)c3OC)cc12. The quantitative estimate of drug-likeness (QED) is 0.328. The van der Waals surface area contributed by atoms with E-state index in [-0.39, 0.29) is 12.4 Å². The van der Waals surface area contributed by atoms with Crippen molar-refractivity contribution in [3.63, 3.8) is 0 Å². The van der Waals surface area contributed by atoms with Crippen LogP contribution in [-0.4, -0.2) is 19.7 Å². The van der Waals surface area contributed by atoms with Gasteiger partial charge in [-0.1, -0.05) is 36.4 Å². The second-order valence-corrected chi connectivity index (χ2v) is 7.32. The molecule has 6 heteroatoms. The Labute approximate surface area is 191 Å². The van der Waals surface area contributed by atoms with Gasteiger partial charge in [0.1, 0.15) is 35.5 Å². The number of nitriles is 1. The van der Waals surface area contributed by atoms with Gasteiger partial charge in [0.05, 0.1) is 31.3 Å². The van der Waals surface area contributed by atoms with Gasteiger partial charge in [-0.05, 0) is 37.3 Å². The van der Waals surface area contributed by atoms with Crippen molar-refractivity contribution in [2.24, 2.45) is 0 Å².